The molecule has 9 aromatic carbocycles. The average Bonchev–Trinajstić information content (AvgIpc) is 2.36. The molecule has 14 rings (SSSR count). The van der Waals surface area contributed by atoms with E-state index in [-0.39, 0.29) is 0 Å². The van der Waals surface area contributed by atoms with Gasteiger partial charge in [0.1, 0.15) is 56.7 Å². The minimum atomic E-state index is -0.688. The quantitative estimate of drug-likeness (QED) is 0.107. The van der Waals surface area contributed by atoms with E-state index in [4.69, 9.17) is 24.7 Å². The van der Waals surface area contributed by atoms with Crippen molar-refractivity contribution >= 4 is 66.4 Å². The highest BCUT2D eigenvalue weighted by molar-refractivity contribution is 6.04. The summed E-state index contributed by atoms with van der Waals surface area (Å²) < 4.78 is 7.74. The molecule has 83 heavy (non-hydrogen) atoms. The Bertz CT molecular complexity index is 4910. The highest BCUT2D eigenvalue weighted by Crippen LogP contribution is 2.55. The molecule has 5 heterocycles. The highest BCUT2D eigenvalue weighted by Gasteiger charge is 2.44. The maximum absolute atomic E-state index is 7.74. The Labute approximate surface area is 482 Å². The van der Waals surface area contributed by atoms with Crippen LogP contribution < -0.4 is 26.7 Å². The van der Waals surface area contributed by atoms with Crippen molar-refractivity contribution in [3.8, 4) is 11.5 Å². The molecule has 4 N–H and O–H groups in total. The van der Waals surface area contributed by atoms with E-state index in [0.717, 1.165) is 82.0 Å². The van der Waals surface area contributed by atoms with Gasteiger partial charge in [-0.15, -0.1) is 0 Å². The van der Waals surface area contributed by atoms with Crippen LogP contribution in [0.1, 0.15) is 99.9 Å². The molecule has 406 valence electrons. The van der Waals surface area contributed by atoms with Gasteiger partial charge >= 0.3 is 0 Å². The molecule has 4 aromatic heterocycles. The summed E-state index contributed by atoms with van der Waals surface area (Å²) in [7, 11) is 0. The Hall–Kier alpha value is -9.86. The number of rotatable bonds is 10. The third-order valence-electron chi connectivity index (χ3n) is 17.7. The molecule has 0 atom stereocenters. The summed E-state index contributed by atoms with van der Waals surface area (Å²) in [6.07, 6.45) is 0. The van der Waals surface area contributed by atoms with Crippen molar-refractivity contribution in [3.05, 3.63) is 285 Å². The van der Waals surface area contributed by atoms with Crippen molar-refractivity contribution in [2.24, 2.45) is 20.0 Å². The zero-order chi connectivity index (χ0) is 56.8. The van der Waals surface area contributed by atoms with E-state index >= 15 is 0 Å². The number of hydrogen-bond acceptors (Lipinski definition) is 5. The summed E-state index contributed by atoms with van der Waals surface area (Å²) in [5.74, 6) is 3.99. The SMILES string of the molecule is CC(C)(c1ccccc1)c1c(C(C)(C)c2ccccc2)c(C(C)(C)c2ccccc2)c2c3[nH]c(c2c1Oc1ccccc1)=Nc1[nH]c(c2ccccc12)N=c1[nH]c(c2ccccc12)=Nc1[nH]c(c2c(C(C)(C)c4ccccc4)cccc12)N=3. The van der Waals surface area contributed by atoms with Crippen LogP contribution >= 0.6 is 0 Å². The number of H-pyrrole nitrogens is 4. The summed E-state index contributed by atoms with van der Waals surface area (Å²) >= 11 is 0. The van der Waals surface area contributed by atoms with Crippen LogP contribution in [0.3, 0.4) is 0 Å². The van der Waals surface area contributed by atoms with E-state index in [2.05, 4.69) is 251 Å². The molecular weight excluding hydrogens is 1020 g/mol. The van der Waals surface area contributed by atoms with E-state index in [0.29, 0.717) is 56.7 Å². The molecule has 0 unspecified atom stereocenters. The van der Waals surface area contributed by atoms with Crippen molar-refractivity contribution in [1.29, 1.82) is 0 Å². The molecule has 1 aliphatic heterocycles. The van der Waals surface area contributed by atoms with Gasteiger partial charge in [-0.3, -0.25) is 0 Å². The van der Waals surface area contributed by atoms with Gasteiger partial charge in [-0.05, 0) is 51.1 Å². The lowest BCUT2D eigenvalue weighted by atomic mass is 9.61. The van der Waals surface area contributed by atoms with Crippen molar-refractivity contribution in [2.75, 3.05) is 0 Å². The molecular formula is C74H64N8O. The maximum Gasteiger partial charge on any atom is 0.145 e. The second-order valence-corrected chi connectivity index (χ2v) is 24.1. The van der Waals surface area contributed by atoms with Crippen LogP contribution in [0.4, 0.5) is 23.3 Å². The Morgan fingerprint density at radius 1 is 0.277 bits per heavy atom. The predicted molar refractivity (Wildman–Crippen MR) is 337 cm³/mol. The van der Waals surface area contributed by atoms with Gasteiger partial charge in [-0.1, -0.05) is 262 Å². The predicted octanol–water partition coefficient (Wildman–Crippen LogP) is 16.8. The van der Waals surface area contributed by atoms with Crippen LogP contribution in [0.5, 0.6) is 11.5 Å². The first-order valence-corrected chi connectivity index (χ1v) is 28.6. The number of benzene rings is 9. The van der Waals surface area contributed by atoms with Crippen molar-refractivity contribution in [3.63, 3.8) is 0 Å². The van der Waals surface area contributed by atoms with Gasteiger partial charge < -0.3 is 24.7 Å². The number of fused-ring (bicyclic) bond motifs is 20. The van der Waals surface area contributed by atoms with Crippen LogP contribution in [0, 0.1) is 0 Å². The Balaban J connectivity index is 1.27. The summed E-state index contributed by atoms with van der Waals surface area (Å²) in [5, 5.41) is 7.30. The number of nitrogens with one attached hydrogen (secondary N) is 4. The summed E-state index contributed by atoms with van der Waals surface area (Å²) in [6, 6.07) is 76.8. The lowest BCUT2D eigenvalue weighted by Crippen LogP contribution is -2.35. The van der Waals surface area contributed by atoms with Crippen LogP contribution in [0.25, 0.3) is 43.1 Å². The zero-order valence-corrected chi connectivity index (χ0v) is 48.0. The maximum atomic E-state index is 7.74. The second-order valence-electron chi connectivity index (χ2n) is 24.1. The minimum absolute atomic E-state index is 0.471. The van der Waals surface area contributed by atoms with Gasteiger partial charge in [-0.25, -0.2) is 20.0 Å². The molecule has 8 bridgehead atoms. The normalized spacial score (nSPS) is 13.0. The standard InChI is InChI=1S/C74H64N8O/c1-71(2,45-29-14-9-15-30-45)55-44-28-43-54-56(55)68-80-67(54)78-65-51-40-25-24-39-50(51)63(76-65)75-64-52-41-26-27-42-53(52)66(77-64)79-70-58-57(69(81-68)82-70)59(72(3,4)46-31-16-10-17-32-46)60(73(5,6)47-33-18-11-19-34-47)61(62(58)83-49-37-22-13-23-38-49)74(7,8)48-35-20-12-21-36-48/h9-44H,1-8H3,(H4,75,76,77,78,79,80,81,82). The fourth-order valence-corrected chi connectivity index (χ4v) is 13.2. The Morgan fingerprint density at radius 2 is 0.639 bits per heavy atom. The summed E-state index contributed by atoms with van der Waals surface area (Å²) in [5.41, 5.74) is 9.05. The summed E-state index contributed by atoms with van der Waals surface area (Å²) in [4.78, 5) is 38.2. The van der Waals surface area contributed by atoms with Crippen LogP contribution in [0.15, 0.2) is 238 Å². The van der Waals surface area contributed by atoms with E-state index < -0.39 is 21.7 Å². The second kappa shape index (κ2) is 19.4. The first kappa shape index (κ1) is 51.3. The van der Waals surface area contributed by atoms with Crippen LogP contribution in [-0.2, 0) is 21.7 Å². The molecule has 1 aliphatic rings. The molecule has 0 amide bonds. The number of ether oxygens (including phenoxy) is 1. The van der Waals surface area contributed by atoms with Crippen LogP contribution in [0.2, 0.25) is 0 Å². The largest absolute Gasteiger partial charge is 0.456 e. The first-order valence-electron chi connectivity index (χ1n) is 28.6. The topological polar surface area (TPSA) is 122 Å². The zero-order valence-electron chi connectivity index (χ0n) is 48.0. The van der Waals surface area contributed by atoms with E-state index in [1.54, 1.807) is 0 Å². The number of para-hydroxylation sites is 1. The molecule has 0 saturated carbocycles. The van der Waals surface area contributed by atoms with Gasteiger partial charge in [0.15, 0.2) is 0 Å². The van der Waals surface area contributed by atoms with Gasteiger partial charge in [0.2, 0.25) is 0 Å². The molecule has 0 fully saturated rings. The highest BCUT2D eigenvalue weighted by atomic mass is 16.5. The lowest BCUT2D eigenvalue weighted by Gasteiger charge is -2.42. The van der Waals surface area contributed by atoms with Gasteiger partial charge in [-0.2, -0.15) is 0 Å². The number of aromatic nitrogens is 4. The monoisotopic (exact) mass is 1080 g/mol. The number of nitrogens with zero attached hydrogens (tertiary/aromatic N) is 4. The molecule has 0 saturated heterocycles. The fraction of sp³-hybridized carbons (Fsp3) is 0.162. The van der Waals surface area contributed by atoms with Gasteiger partial charge in [0.25, 0.3) is 0 Å². The Kier molecular flexibility index (Phi) is 12.0. The fourth-order valence-electron chi connectivity index (χ4n) is 13.2. The summed E-state index contributed by atoms with van der Waals surface area (Å²) in [6.45, 7) is 18.8. The number of hydrogen-bond donors (Lipinski definition) is 4. The third kappa shape index (κ3) is 8.35. The van der Waals surface area contributed by atoms with Gasteiger partial charge in [0, 0.05) is 64.9 Å². The molecule has 13 aromatic rings. The molecule has 0 radical (unpaired) electrons. The van der Waals surface area contributed by atoms with Gasteiger partial charge in [0.05, 0.1) is 5.39 Å². The first-order chi connectivity index (χ1) is 40.2. The van der Waals surface area contributed by atoms with Crippen LogP contribution in [-0.4, -0.2) is 19.9 Å². The number of aromatic amines is 4. The smallest absolute Gasteiger partial charge is 0.145 e. The minimum Gasteiger partial charge on any atom is -0.456 e. The van der Waals surface area contributed by atoms with E-state index in [1.165, 1.54) is 5.56 Å². The third-order valence-corrected chi connectivity index (χ3v) is 17.7. The Morgan fingerprint density at radius 3 is 1.16 bits per heavy atom. The van der Waals surface area contributed by atoms with E-state index in [1.807, 2.05) is 42.5 Å². The lowest BCUT2D eigenvalue weighted by molar-refractivity contribution is 0.456. The molecule has 9 heteroatoms. The molecule has 0 aliphatic carbocycles. The van der Waals surface area contributed by atoms with E-state index in [9.17, 15) is 0 Å². The molecule has 0 spiro atoms. The average molecular weight is 1080 g/mol. The van der Waals surface area contributed by atoms with Crippen molar-refractivity contribution < 1.29 is 4.74 Å². The molecule has 9 nitrogen and oxygen atoms in total. The van der Waals surface area contributed by atoms with Crippen molar-refractivity contribution in [1.82, 2.24) is 19.9 Å². The van der Waals surface area contributed by atoms with Crippen molar-refractivity contribution in [2.45, 2.75) is 77.0 Å².